The van der Waals surface area contributed by atoms with Crippen LogP contribution in [-0.2, 0) is 18.2 Å². The minimum atomic E-state index is -0.531. The largest absolute Gasteiger partial charge is 0.390 e. The third-order valence-electron chi connectivity index (χ3n) is 2.86. The van der Waals surface area contributed by atoms with Gasteiger partial charge < -0.3 is 14.4 Å². The summed E-state index contributed by atoms with van der Waals surface area (Å²) in [6, 6.07) is 0. The Morgan fingerprint density at radius 3 is 2.53 bits per heavy atom. The van der Waals surface area contributed by atoms with Crippen LogP contribution in [0.1, 0.15) is 33.5 Å². The predicted molar refractivity (Wildman–Crippen MR) is 67.8 cm³/mol. The molecular formula is C13H24N2O2. The lowest BCUT2D eigenvalue weighted by molar-refractivity contribution is -0.0880. The highest BCUT2D eigenvalue weighted by molar-refractivity contribution is 4.96. The first-order chi connectivity index (χ1) is 7.86. The highest BCUT2D eigenvalue weighted by Gasteiger charge is 2.32. The van der Waals surface area contributed by atoms with Crippen molar-refractivity contribution in [3.63, 3.8) is 0 Å². The van der Waals surface area contributed by atoms with Gasteiger partial charge in [-0.2, -0.15) is 0 Å². The molecule has 0 saturated carbocycles. The second-order valence-electron chi connectivity index (χ2n) is 5.47. The van der Waals surface area contributed by atoms with Gasteiger partial charge in [-0.05, 0) is 12.3 Å². The zero-order valence-corrected chi connectivity index (χ0v) is 11.5. The molecule has 0 aliphatic heterocycles. The molecule has 0 saturated heterocycles. The highest BCUT2D eigenvalue weighted by Crippen LogP contribution is 2.26. The second kappa shape index (κ2) is 5.65. The molecule has 4 nitrogen and oxygen atoms in total. The molecule has 0 spiro atoms. The molecular weight excluding hydrogens is 216 g/mol. The van der Waals surface area contributed by atoms with Crippen LogP contribution in [0, 0.1) is 5.41 Å². The fourth-order valence-corrected chi connectivity index (χ4v) is 2.01. The number of hydrogen-bond acceptors (Lipinski definition) is 3. The van der Waals surface area contributed by atoms with Crippen molar-refractivity contribution in [2.45, 2.75) is 46.3 Å². The van der Waals surface area contributed by atoms with Crippen molar-refractivity contribution in [2.75, 3.05) is 6.61 Å². The molecule has 0 bridgehead atoms. The van der Waals surface area contributed by atoms with Crippen LogP contribution in [0.2, 0.25) is 0 Å². The number of rotatable bonds is 5. The van der Waals surface area contributed by atoms with Gasteiger partial charge >= 0.3 is 0 Å². The first-order valence-electron chi connectivity index (χ1n) is 6.12. The lowest BCUT2D eigenvalue weighted by atomic mass is 9.84. The molecule has 1 N–H and O–H groups in total. The Kier molecular flexibility index (Phi) is 4.71. The van der Waals surface area contributed by atoms with Crippen molar-refractivity contribution in [3.8, 4) is 0 Å². The maximum atomic E-state index is 10.3. The Hall–Kier alpha value is -0.870. The minimum Gasteiger partial charge on any atom is -0.390 e. The van der Waals surface area contributed by atoms with Gasteiger partial charge in [-0.25, -0.2) is 4.98 Å². The zero-order chi connectivity index (χ0) is 13.1. The van der Waals surface area contributed by atoms with Crippen molar-refractivity contribution in [1.82, 2.24) is 9.55 Å². The summed E-state index contributed by atoms with van der Waals surface area (Å²) in [6.45, 7) is 8.80. The molecule has 17 heavy (non-hydrogen) atoms. The van der Waals surface area contributed by atoms with Crippen LogP contribution >= 0.6 is 0 Å². The molecule has 4 heteroatoms. The Morgan fingerprint density at radius 2 is 2.12 bits per heavy atom. The number of ether oxygens (including phenoxy) is 1. The van der Waals surface area contributed by atoms with E-state index in [0.29, 0.717) is 13.0 Å². The van der Waals surface area contributed by atoms with Crippen LogP contribution in [0.4, 0.5) is 0 Å². The average Bonchev–Trinajstić information content (AvgIpc) is 2.59. The van der Waals surface area contributed by atoms with E-state index in [1.807, 2.05) is 24.7 Å². The van der Waals surface area contributed by atoms with Crippen molar-refractivity contribution in [2.24, 2.45) is 12.5 Å². The molecule has 0 aromatic carbocycles. The van der Waals surface area contributed by atoms with Gasteiger partial charge in [0, 0.05) is 32.5 Å². The van der Waals surface area contributed by atoms with E-state index in [9.17, 15) is 5.11 Å². The van der Waals surface area contributed by atoms with Crippen LogP contribution in [0.15, 0.2) is 12.4 Å². The molecule has 1 heterocycles. The normalized spacial score (nSPS) is 15.9. The van der Waals surface area contributed by atoms with E-state index >= 15 is 0 Å². The molecule has 0 aliphatic rings. The van der Waals surface area contributed by atoms with Crippen molar-refractivity contribution >= 4 is 0 Å². The highest BCUT2D eigenvalue weighted by atomic mass is 16.5. The van der Waals surface area contributed by atoms with Gasteiger partial charge in [0.2, 0.25) is 0 Å². The molecule has 98 valence electrons. The van der Waals surface area contributed by atoms with E-state index in [0.717, 1.165) is 5.82 Å². The minimum absolute atomic E-state index is 0.0827. The predicted octanol–water partition coefficient (Wildman–Crippen LogP) is 1.77. The summed E-state index contributed by atoms with van der Waals surface area (Å²) in [7, 11) is 1.93. The molecule has 1 aromatic rings. The summed E-state index contributed by atoms with van der Waals surface area (Å²) in [4.78, 5) is 4.23. The topological polar surface area (TPSA) is 47.3 Å². The number of aryl methyl sites for hydroxylation is 1. The number of aliphatic hydroxyl groups is 1. The number of aliphatic hydroxyl groups excluding tert-OH is 1. The first kappa shape index (κ1) is 14.2. The van der Waals surface area contributed by atoms with Crippen molar-refractivity contribution < 1.29 is 9.84 Å². The van der Waals surface area contributed by atoms with E-state index in [1.54, 1.807) is 6.20 Å². The summed E-state index contributed by atoms with van der Waals surface area (Å²) in [5, 5.41) is 10.3. The smallest absolute Gasteiger partial charge is 0.111 e. The number of nitrogens with zero attached hydrogens (tertiary/aromatic N) is 2. The molecule has 0 amide bonds. The van der Waals surface area contributed by atoms with Crippen LogP contribution in [0.25, 0.3) is 0 Å². The van der Waals surface area contributed by atoms with Gasteiger partial charge in [-0.3, -0.25) is 0 Å². The standard InChI is InChI=1S/C13H24N2O2/c1-6-17-12(13(2,3)4)10(16)9-11-14-7-8-15(11)5/h7-8,10,12,16H,6,9H2,1-5H3. The first-order valence-corrected chi connectivity index (χ1v) is 6.12. The van der Waals surface area contributed by atoms with Gasteiger partial charge in [0.15, 0.2) is 0 Å². The molecule has 0 fully saturated rings. The molecule has 1 aromatic heterocycles. The van der Waals surface area contributed by atoms with Gasteiger partial charge in [-0.15, -0.1) is 0 Å². The molecule has 2 atom stereocenters. The zero-order valence-electron chi connectivity index (χ0n) is 11.5. The number of hydrogen-bond donors (Lipinski definition) is 1. The van der Waals surface area contributed by atoms with Gasteiger partial charge in [-0.1, -0.05) is 20.8 Å². The SMILES string of the molecule is CCOC(C(O)Cc1nccn1C)C(C)(C)C. The van der Waals surface area contributed by atoms with Crippen LogP contribution in [0.5, 0.6) is 0 Å². The fourth-order valence-electron chi connectivity index (χ4n) is 2.01. The average molecular weight is 240 g/mol. The maximum absolute atomic E-state index is 10.3. The van der Waals surface area contributed by atoms with Crippen molar-refractivity contribution in [3.05, 3.63) is 18.2 Å². The summed E-state index contributed by atoms with van der Waals surface area (Å²) < 4.78 is 7.60. The monoisotopic (exact) mass is 240 g/mol. The van der Waals surface area contributed by atoms with E-state index in [-0.39, 0.29) is 11.5 Å². The molecule has 0 radical (unpaired) electrons. The Balaban J connectivity index is 2.72. The summed E-state index contributed by atoms with van der Waals surface area (Å²) in [6.07, 6.45) is 3.44. The van der Waals surface area contributed by atoms with Gasteiger partial charge in [0.25, 0.3) is 0 Å². The lowest BCUT2D eigenvalue weighted by Gasteiger charge is -2.34. The van der Waals surface area contributed by atoms with Crippen molar-refractivity contribution in [1.29, 1.82) is 0 Å². The molecule has 0 aliphatic carbocycles. The van der Waals surface area contributed by atoms with Gasteiger partial charge in [0.1, 0.15) is 5.82 Å². The Bertz CT molecular complexity index is 341. The molecule has 1 rings (SSSR count). The Labute approximate surface area is 104 Å². The summed E-state index contributed by atoms with van der Waals surface area (Å²) >= 11 is 0. The second-order valence-corrected chi connectivity index (χ2v) is 5.47. The fraction of sp³-hybridized carbons (Fsp3) is 0.769. The maximum Gasteiger partial charge on any atom is 0.111 e. The summed E-state index contributed by atoms with van der Waals surface area (Å²) in [5.74, 6) is 0.881. The molecule has 2 unspecified atom stereocenters. The van der Waals surface area contributed by atoms with Crippen LogP contribution < -0.4 is 0 Å². The number of aromatic nitrogens is 2. The van der Waals surface area contributed by atoms with E-state index in [1.165, 1.54) is 0 Å². The quantitative estimate of drug-likeness (QED) is 0.853. The lowest BCUT2D eigenvalue weighted by Crippen LogP contribution is -2.41. The van der Waals surface area contributed by atoms with Gasteiger partial charge in [0.05, 0.1) is 12.2 Å². The van der Waals surface area contributed by atoms with E-state index in [2.05, 4.69) is 25.8 Å². The number of imidazole rings is 1. The third kappa shape index (κ3) is 3.82. The van der Waals surface area contributed by atoms with Crippen LogP contribution in [-0.4, -0.2) is 33.5 Å². The third-order valence-corrected chi connectivity index (χ3v) is 2.86. The van der Waals surface area contributed by atoms with E-state index < -0.39 is 6.10 Å². The van der Waals surface area contributed by atoms with E-state index in [4.69, 9.17) is 4.74 Å². The van der Waals surface area contributed by atoms with Crippen LogP contribution in [0.3, 0.4) is 0 Å². The summed E-state index contributed by atoms with van der Waals surface area (Å²) in [5.41, 5.74) is -0.0827. The Morgan fingerprint density at radius 1 is 1.47 bits per heavy atom.